The first-order chi connectivity index (χ1) is 14.0. The van der Waals surface area contributed by atoms with Crippen molar-refractivity contribution in [3.8, 4) is 22.8 Å². The first kappa shape index (κ1) is 19.2. The Labute approximate surface area is 178 Å². The van der Waals surface area contributed by atoms with Gasteiger partial charge in [0.2, 0.25) is 5.89 Å². The van der Waals surface area contributed by atoms with Crippen molar-refractivity contribution >= 4 is 34.8 Å². The van der Waals surface area contributed by atoms with Crippen LogP contribution in [0.4, 0.5) is 5.69 Å². The van der Waals surface area contributed by atoms with Crippen molar-refractivity contribution < 1.29 is 9.21 Å². The van der Waals surface area contributed by atoms with Crippen molar-refractivity contribution in [2.75, 3.05) is 5.32 Å². The first-order valence-corrected chi connectivity index (χ1v) is 9.65. The van der Waals surface area contributed by atoms with Gasteiger partial charge in [0.1, 0.15) is 0 Å². The number of aromatic nitrogens is 1. The van der Waals surface area contributed by atoms with Gasteiger partial charge in [0.25, 0.3) is 5.91 Å². The number of carbonyl (C=O) groups is 1. The largest absolute Gasteiger partial charge is 0.436 e. The van der Waals surface area contributed by atoms with Crippen LogP contribution in [0.3, 0.4) is 0 Å². The Bertz CT molecular complexity index is 1180. The molecule has 1 amide bonds. The molecule has 3 aromatic carbocycles. The molecule has 0 radical (unpaired) electrons. The zero-order valence-corrected chi connectivity index (χ0v) is 17.0. The van der Waals surface area contributed by atoms with Crippen LogP contribution < -0.4 is 5.32 Å². The molecule has 0 aliphatic carbocycles. The minimum Gasteiger partial charge on any atom is -0.436 e. The summed E-state index contributed by atoms with van der Waals surface area (Å²) in [7, 11) is 0. The Morgan fingerprint density at radius 3 is 2.52 bits per heavy atom. The van der Waals surface area contributed by atoms with Crippen molar-refractivity contribution in [1.29, 1.82) is 0 Å². The van der Waals surface area contributed by atoms with Gasteiger partial charge in [-0.2, -0.15) is 0 Å². The summed E-state index contributed by atoms with van der Waals surface area (Å²) < 4.78 is 5.92. The number of carbonyl (C=O) groups excluding carboxylic acids is 1. The monoisotopic (exact) mass is 422 g/mol. The Kier molecular flexibility index (Phi) is 5.38. The molecule has 1 heterocycles. The average Bonchev–Trinajstić information content (AvgIpc) is 3.21. The van der Waals surface area contributed by atoms with Crippen LogP contribution in [-0.4, -0.2) is 10.9 Å². The van der Waals surface area contributed by atoms with Crippen LogP contribution in [0.1, 0.15) is 15.9 Å². The lowest BCUT2D eigenvalue weighted by Crippen LogP contribution is -2.13. The average molecular weight is 423 g/mol. The number of oxazole rings is 1. The molecule has 4 aromatic rings. The van der Waals surface area contributed by atoms with Crippen molar-refractivity contribution in [1.82, 2.24) is 4.98 Å². The van der Waals surface area contributed by atoms with E-state index in [0.29, 0.717) is 38.5 Å². The third-order valence-corrected chi connectivity index (χ3v) is 5.13. The van der Waals surface area contributed by atoms with E-state index in [1.165, 1.54) is 0 Å². The Hall–Kier alpha value is -3.08. The highest BCUT2D eigenvalue weighted by molar-refractivity contribution is 6.31. The number of hydrogen-bond donors (Lipinski definition) is 1. The number of hydrogen-bond acceptors (Lipinski definition) is 3. The molecule has 0 aliphatic rings. The summed E-state index contributed by atoms with van der Waals surface area (Å²) in [6.45, 7) is 1.91. The molecule has 1 N–H and O–H groups in total. The number of anilines is 1. The predicted molar refractivity (Wildman–Crippen MR) is 117 cm³/mol. The van der Waals surface area contributed by atoms with Crippen LogP contribution >= 0.6 is 23.2 Å². The maximum Gasteiger partial charge on any atom is 0.256 e. The van der Waals surface area contributed by atoms with E-state index in [9.17, 15) is 4.79 Å². The molecule has 0 saturated heterocycles. The van der Waals surface area contributed by atoms with Crippen LogP contribution in [-0.2, 0) is 0 Å². The number of amides is 1. The predicted octanol–water partition coefficient (Wildman–Crippen LogP) is 6.88. The lowest BCUT2D eigenvalue weighted by molar-refractivity contribution is 0.102. The van der Waals surface area contributed by atoms with Crippen molar-refractivity contribution in [3.63, 3.8) is 0 Å². The lowest BCUT2D eigenvalue weighted by Gasteiger charge is -2.09. The molecular formula is C23H16Cl2N2O2. The van der Waals surface area contributed by atoms with Crippen molar-refractivity contribution in [3.05, 3.63) is 94.1 Å². The fraction of sp³-hybridized carbons (Fsp3) is 0.0435. The highest BCUT2D eigenvalue weighted by Crippen LogP contribution is 2.29. The summed E-state index contributed by atoms with van der Waals surface area (Å²) in [6, 6.07) is 19.8. The minimum atomic E-state index is -0.272. The fourth-order valence-electron chi connectivity index (χ4n) is 2.88. The molecule has 6 heteroatoms. The molecule has 144 valence electrons. The van der Waals surface area contributed by atoms with Crippen LogP contribution in [0.5, 0.6) is 0 Å². The van der Waals surface area contributed by atoms with E-state index < -0.39 is 0 Å². The highest BCUT2D eigenvalue weighted by Gasteiger charge is 2.17. The molecule has 0 unspecified atom stereocenters. The number of benzene rings is 3. The fourth-order valence-corrected chi connectivity index (χ4v) is 3.19. The van der Waals surface area contributed by atoms with Crippen LogP contribution in [0.25, 0.3) is 22.8 Å². The topological polar surface area (TPSA) is 55.1 Å². The molecule has 0 aliphatic heterocycles. The maximum atomic E-state index is 12.9. The van der Waals surface area contributed by atoms with Gasteiger partial charge in [-0.05, 0) is 61.0 Å². The van der Waals surface area contributed by atoms with E-state index in [4.69, 9.17) is 27.6 Å². The molecule has 1 aromatic heterocycles. The Morgan fingerprint density at radius 1 is 1.00 bits per heavy atom. The second-order valence-electron chi connectivity index (χ2n) is 6.50. The number of rotatable bonds is 4. The molecule has 0 saturated carbocycles. The van der Waals surface area contributed by atoms with Gasteiger partial charge < -0.3 is 9.73 Å². The second kappa shape index (κ2) is 8.11. The van der Waals surface area contributed by atoms with Gasteiger partial charge in [0, 0.05) is 26.9 Å². The summed E-state index contributed by atoms with van der Waals surface area (Å²) >= 11 is 12.1. The number of nitrogens with zero attached hydrogens (tertiary/aromatic N) is 1. The quantitative estimate of drug-likeness (QED) is 0.389. The van der Waals surface area contributed by atoms with E-state index >= 15 is 0 Å². The third kappa shape index (κ3) is 4.19. The number of aryl methyl sites for hydroxylation is 1. The molecular weight excluding hydrogens is 407 g/mol. The standard InChI is InChI=1S/C23H16Cl2N2O2/c1-14-6-11-17(12-20(14)25)27-22(28)18-4-2-3-5-19(18)23-26-13-21(29-23)15-7-9-16(24)10-8-15/h2-13H,1H3,(H,27,28). The third-order valence-electron chi connectivity index (χ3n) is 4.47. The van der Waals surface area contributed by atoms with Crippen LogP contribution in [0.2, 0.25) is 10.0 Å². The van der Waals surface area contributed by atoms with Gasteiger partial charge in [-0.15, -0.1) is 0 Å². The van der Waals surface area contributed by atoms with Gasteiger partial charge in [-0.1, -0.05) is 41.4 Å². The van der Waals surface area contributed by atoms with E-state index in [2.05, 4.69) is 10.3 Å². The zero-order chi connectivity index (χ0) is 20.4. The maximum absolute atomic E-state index is 12.9. The molecule has 4 rings (SSSR count). The van der Waals surface area contributed by atoms with Crippen molar-refractivity contribution in [2.24, 2.45) is 0 Å². The van der Waals surface area contributed by atoms with Gasteiger partial charge in [-0.25, -0.2) is 4.98 Å². The lowest BCUT2D eigenvalue weighted by atomic mass is 10.1. The summed E-state index contributed by atoms with van der Waals surface area (Å²) in [4.78, 5) is 17.2. The normalized spacial score (nSPS) is 10.7. The van der Waals surface area contributed by atoms with E-state index in [-0.39, 0.29) is 5.91 Å². The highest BCUT2D eigenvalue weighted by atomic mass is 35.5. The van der Waals surface area contributed by atoms with E-state index in [1.54, 1.807) is 42.6 Å². The number of nitrogens with one attached hydrogen (secondary N) is 1. The Balaban J connectivity index is 1.64. The van der Waals surface area contributed by atoms with E-state index in [0.717, 1.165) is 11.1 Å². The molecule has 0 bridgehead atoms. The van der Waals surface area contributed by atoms with E-state index in [1.807, 2.05) is 37.3 Å². The molecule has 0 spiro atoms. The summed E-state index contributed by atoms with van der Waals surface area (Å²) in [6.07, 6.45) is 1.63. The van der Waals surface area contributed by atoms with Gasteiger partial charge in [-0.3, -0.25) is 4.79 Å². The number of halogens is 2. The summed E-state index contributed by atoms with van der Waals surface area (Å²) in [5.41, 5.74) is 3.47. The van der Waals surface area contributed by atoms with Crippen molar-refractivity contribution in [2.45, 2.75) is 6.92 Å². The van der Waals surface area contributed by atoms with Gasteiger partial charge in [0.05, 0.1) is 11.8 Å². The molecule has 29 heavy (non-hydrogen) atoms. The van der Waals surface area contributed by atoms with Gasteiger partial charge >= 0.3 is 0 Å². The smallest absolute Gasteiger partial charge is 0.256 e. The summed E-state index contributed by atoms with van der Waals surface area (Å²) in [5, 5.41) is 4.11. The van der Waals surface area contributed by atoms with Crippen LogP contribution in [0, 0.1) is 6.92 Å². The molecule has 0 atom stereocenters. The zero-order valence-electron chi connectivity index (χ0n) is 15.4. The second-order valence-corrected chi connectivity index (χ2v) is 7.34. The minimum absolute atomic E-state index is 0.272. The first-order valence-electron chi connectivity index (χ1n) is 8.90. The van der Waals surface area contributed by atoms with Gasteiger partial charge in [0.15, 0.2) is 5.76 Å². The summed E-state index contributed by atoms with van der Waals surface area (Å²) in [5.74, 6) is 0.687. The molecule has 0 fully saturated rings. The Morgan fingerprint density at radius 2 is 1.76 bits per heavy atom. The van der Waals surface area contributed by atoms with Crippen LogP contribution in [0.15, 0.2) is 77.3 Å². The SMILES string of the molecule is Cc1ccc(NC(=O)c2ccccc2-c2ncc(-c3ccc(Cl)cc3)o2)cc1Cl. The molecule has 4 nitrogen and oxygen atoms in total.